The van der Waals surface area contributed by atoms with Crippen molar-refractivity contribution in [3.63, 3.8) is 0 Å². The van der Waals surface area contributed by atoms with Gasteiger partial charge in [0, 0.05) is 10.7 Å². The predicted molar refractivity (Wildman–Crippen MR) is 49.1 cm³/mol. The van der Waals surface area contributed by atoms with Crippen LogP contribution in [0.2, 0.25) is 0 Å². The van der Waals surface area contributed by atoms with Crippen LogP contribution in [-0.2, 0) is 4.79 Å². The molecular weight excluding hydrogens is 220 g/mol. The first-order chi connectivity index (χ1) is 5.61. The lowest BCUT2D eigenvalue weighted by atomic mass is 9.85. The third-order valence-corrected chi connectivity index (χ3v) is 4.61. The van der Waals surface area contributed by atoms with Gasteiger partial charge in [-0.15, -0.1) is 0 Å². The van der Waals surface area contributed by atoms with Gasteiger partial charge >= 0.3 is 0 Å². The van der Waals surface area contributed by atoms with Crippen LogP contribution in [0.15, 0.2) is 0 Å². The van der Waals surface area contributed by atoms with Crippen LogP contribution in [0.25, 0.3) is 0 Å². The van der Waals surface area contributed by atoms with Crippen LogP contribution >= 0.6 is 15.9 Å². The van der Waals surface area contributed by atoms with Crippen molar-refractivity contribution < 1.29 is 9.90 Å². The maximum absolute atomic E-state index is 11.2. The summed E-state index contributed by atoms with van der Waals surface area (Å²) in [5, 5.41) is 9.63. The second-order valence-electron chi connectivity index (χ2n) is 4.05. The molecule has 0 saturated heterocycles. The molecule has 2 fully saturated rings. The van der Waals surface area contributed by atoms with E-state index in [0.29, 0.717) is 17.6 Å². The van der Waals surface area contributed by atoms with Gasteiger partial charge in [-0.25, -0.2) is 0 Å². The fraction of sp³-hybridized carbons (Fsp3) is 0.889. The number of aliphatic hydroxyl groups excluding tert-OH is 1. The maximum Gasteiger partial charge on any atom is 0.133 e. The molecule has 68 valence electrons. The molecule has 2 saturated carbocycles. The molecule has 3 heteroatoms. The number of Topliss-reactive ketones (excluding diaryl/α,β-unsaturated/α-hetero) is 1. The summed E-state index contributed by atoms with van der Waals surface area (Å²) in [6.45, 7) is 1.66. The van der Waals surface area contributed by atoms with Crippen molar-refractivity contribution in [2.24, 2.45) is 17.8 Å². The highest BCUT2D eigenvalue weighted by molar-refractivity contribution is 9.09. The van der Waals surface area contributed by atoms with Gasteiger partial charge in [-0.2, -0.15) is 0 Å². The topological polar surface area (TPSA) is 37.3 Å². The number of ketones is 1. The molecule has 0 aromatic carbocycles. The Balaban J connectivity index is 2.15. The second kappa shape index (κ2) is 2.81. The van der Waals surface area contributed by atoms with Crippen molar-refractivity contribution in [3.05, 3.63) is 0 Å². The van der Waals surface area contributed by atoms with Crippen molar-refractivity contribution >= 4 is 21.7 Å². The van der Waals surface area contributed by atoms with Crippen molar-refractivity contribution in [2.45, 2.75) is 30.7 Å². The summed E-state index contributed by atoms with van der Waals surface area (Å²) < 4.78 is 0. The number of alkyl halides is 1. The Bertz CT molecular complexity index is 215. The molecule has 0 spiro atoms. The number of carbonyl (C=O) groups excluding carboxylic acids is 1. The molecule has 0 aliphatic heterocycles. The van der Waals surface area contributed by atoms with Crippen LogP contribution in [-0.4, -0.2) is 21.8 Å². The van der Waals surface area contributed by atoms with E-state index < -0.39 is 0 Å². The average Bonchev–Trinajstić information content (AvgIpc) is 2.53. The summed E-state index contributed by atoms with van der Waals surface area (Å²) in [5.41, 5.74) is 0. The van der Waals surface area contributed by atoms with Gasteiger partial charge in [0.05, 0.1) is 6.10 Å². The lowest BCUT2D eigenvalue weighted by molar-refractivity contribution is -0.122. The molecule has 1 N–H and O–H groups in total. The fourth-order valence-electron chi connectivity index (χ4n) is 2.72. The Hall–Kier alpha value is 0.110. The van der Waals surface area contributed by atoms with Gasteiger partial charge in [0.25, 0.3) is 0 Å². The van der Waals surface area contributed by atoms with Gasteiger partial charge in [-0.3, -0.25) is 4.79 Å². The Labute approximate surface area is 80.5 Å². The van der Waals surface area contributed by atoms with E-state index in [4.69, 9.17) is 0 Å². The monoisotopic (exact) mass is 232 g/mol. The minimum Gasteiger partial charge on any atom is -0.392 e. The molecule has 0 aromatic heterocycles. The van der Waals surface area contributed by atoms with Gasteiger partial charge in [-0.1, -0.05) is 15.9 Å². The predicted octanol–water partition coefficient (Wildman–Crippen LogP) is 1.36. The summed E-state index contributed by atoms with van der Waals surface area (Å²) in [5.74, 6) is 1.26. The zero-order valence-electron chi connectivity index (χ0n) is 7.03. The lowest BCUT2D eigenvalue weighted by Crippen LogP contribution is -2.35. The van der Waals surface area contributed by atoms with Crippen LogP contribution in [0.1, 0.15) is 19.8 Å². The number of aliphatic hydroxyl groups is 1. The lowest BCUT2D eigenvalue weighted by Gasteiger charge is -2.27. The molecule has 5 atom stereocenters. The highest BCUT2D eigenvalue weighted by Gasteiger charge is 2.52. The van der Waals surface area contributed by atoms with Crippen LogP contribution in [0, 0.1) is 17.8 Å². The first kappa shape index (κ1) is 8.70. The molecule has 0 aromatic rings. The summed E-state index contributed by atoms with van der Waals surface area (Å²) in [6.07, 6.45) is 1.72. The molecule has 2 bridgehead atoms. The van der Waals surface area contributed by atoms with Crippen LogP contribution in [0.5, 0.6) is 0 Å². The number of carbonyl (C=O) groups is 1. The highest BCUT2D eigenvalue weighted by Crippen LogP contribution is 2.51. The smallest absolute Gasteiger partial charge is 0.133 e. The molecule has 0 heterocycles. The molecule has 5 unspecified atom stereocenters. The summed E-state index contributed by atoms with van der Waals surface area (Å²) in [7, 11) is 0. The number of hydrogen-bond donors (Lipinski definition) is 1. The molecule has 2 aliphatic rings. The van der Waals surface area contributed by atoms with E-state index in [1.807, 2.05) is 0 Å². The average molecular weight is 233 g/mol. The first-order valence-corrected chi connectivity index (χ1v) is 5.35. The van der Waals surface area contributed by atoms with E-state index in [1.54, 1.807) is 6.92 Å². The minimum absolute atomic E-state index is 0.158. The van der Waals surface area contributed by atoms with Gasteiger partial charge < -0.3 is 5.11 Å². The summed E-state index contributed by atoms with van der Waals surface area (Å²) in [4.78, 5) is 11.3. The normalized spacial score (nSPS) is 51.4. The Morgan fingerprint density at radius 2 is 2.17 bits per heavy atom. The number of fused-ring (bicyclic) bond motifs is 2. The van der Waals surface area contributed by atoms with E-state index >= 15 is 0 Å². The van der Waals surface area contributed by atoms with Crippen molar-refractivity contribution in [1.29, 1.82) is 0 Å². The van der Waals surface area contributed by atoms with Crippen LogP contribution in [0.4, 0.5) is 0 Å². The highest BCUT2D eigenvalue weighted by atomic mass is 79.9. The zero-order chi connectivity index (χ0) is 8.88. The molecule has 0 radical (unpaired) electrons. The van der Waals surface area contributed by atoms with E-state index in [2.05, 4.69) is 15.9 Å². The van der Waals surface area contributed by atoms with Crippen LogP contribution < -0.4 is 0 Å². The third kappa shape index (κ3) is 1.06. The van der Waals surface area contributed by atoms with Crippen molar-refractivity contribution in [1.82, 2.24) is 0 Å². The molecular formula is C9H13BrO2. The number of halogens is 1. The Morgan fingerprint density at radius 1 is 1.50 bits per heavy atom. The first-order valence-electron chi connectivity index (χ1n) is 4.44. The largest absolute Gasteiger partial charge is 0.392 e. The summed E-state index contributed by atoms with van der Waals surface area (Å²) in [6, 6.07) is 0. The molecule has 2 rings (SSSR count). The van der Waals surface area contributed by atoms with E-state index in [1.165, 1.54) is 0 Å². The third-order valence-electron chi connectivity index (χ3n) is 3.39. The molecule has 12 heavy (non-hydrogen) atoms. The minimum atomic E-state index is -0.217. The fourth-order valence-corrected chi connectivity index (χ4v) is 3.74. The second-order valence-corrected chi connectivity index (χ2v) is 5.10. The van der Waals surface area contributed by atoms with Crippen LogP contribution in [0.3, 0.4) is 0 Å². The molecule has 2 aliphatic carbocycles. The number of hydrogen-bond acceptors (Lipinski definition) is 2. The molecule has 0 amide bonds. The van der Waals surface area contributed by atoms with E-state index in [9.17, 15) is 9.90 Å². The van der Waals surface area contributed by atoms with Crippen molar-refractivity contribution in [2.75, 3.05) is 0 Å². The quantitative estimate of drug-likeness (QED) is 0.694. The standard InChI is InChI=1S/C9H13BrO2/c1-4(11)6-2-5-3-7(6)8(10)9(5)12/h5-9,12H,2-3H2,1H3. The van der Waals surface area contributed by atoms with Gasteiger partial charge in [0.15, 0.2) is 0 Å². The number of rotatable bonds is 1. The Morgan fingerprint density at radius 3 is 2.58 bits per heavy atom. The summed E-state index contributed by atoms with van der Waals surface area (Å²) >= 11 is 3.47. The van der Waals surface area contributed by atoms with Gasteiger partial charge in [0.2, 0.25) is 0 Å². The Kier molecular flexibility index (Phi) is 2.04. The SMILES string of the molecule is CC(=O)C1CC2CC1C(Br)C2O. The zero-order valence-corrected chi connectivity index (χ0v) is 8.62. The van der Waals surface area contributed by atoms with Crippen molar-refractivity contribution in [3.8, 4) is 0 Å². The van der Waals surface area contributed by atoms with Gasteiger partial charge in [-0.05, 0) is 31.6 Å². The maximum atomic E-state index is 11.2. The van der Waals surface area contributed by atoms with E-state index in [-0.39, 0.29) is 16.8 Å². The van der Waals surface area contributed by atoms with E-state index in [0.717, 1.165) is 12.8 Å². The van der Waals surface area contributed by atoms with Gasteiger partial charge in [0.1, 0.15) is 5.78 Å². The molecule has 2 nitrogen and oxygen atoms in total.